The predicted octanol–water partition coefficient (Wildman–Crippen LogP) is 0.887. The molecule has 0 spiro atoms. The van der Waals surface area contributed by atoms with Gasteiger partial charge in [0, 0.05) is 18.9 Å². The number of halogens is 1. The van der Waals surface area contributed by atoms with E-state index in [0.717, 1.165) is 6.54 Å². The average Bonchev–Trinajstić information content (AvgIpc) is 2.16. The molecular weight excluding hydrogens is 173 g/mol. The summed E-state index contributed by atoms with van der Waals surface area (Å²) in [5.74, 6) is -0.273. The highest BCUT2D eigenvalue weighted by Crippen LogP contribution is 2.19. The molecule has 1 fully saturated rings. The van der Waals surface area contributed by atoms with Crippen LogP contribution in [-0.2, 0) is 9.53 Å². The summed E-state index contributed by atoms with van der Waals surface area (Å²) >= 11 is 0. The van der Waals surface area contributed by atoms with Crippen LogP contribution in [0.25, 0.3) is 0 Å². The maximum atomic E-state index is 13.2. The van der Waals surface area contributed by atoms with Gasteiger partial charge >= 0.3 is 5.97 Å². The van der Waals surface area contributed by atoms with Gasteiger partial charge < -0.3 is 10.1 Å². The highest BCUT2D eigenvalue weighted by molar-refractivity contribution is 5.69. The van der Waals surface area contributed by atoms with Crippen molar-refractivity contribution in [3.8, 4) is 0 Å². The summed E-state index contributed by atoms with van der Waals surface area (Å²) in [5.41, 5.74) is 0. The molecule has 3 nitrogen and oxygen atoms in total. The summed E-state index contributed by atoms with van der Waals surface area (Å²) in [5, 5.41) is 3.11. The van der Waals surface area contributed by atoms with E-state index in [9.17, 15) is 9.18 Å². The summed E-state index contributed by atoms with van der Waals surface area (Å²) in [6.45, 7) is 1.42. The number of alkyl halides is 1. The molecule has 1 heterocycles. The third-order valence-electron chi connectivity index (χ3n) is 2.46. The van der Waals surface area contributed by atoms with E-state index in [1.807, 2.05) is 0 Å². The number of hydrogen-bond acceptors (Lipinski definition) is 3. The van der Waals surface area contributed by atoms with Gasteiger partial charge in [-0.1, -0.05) is 0 Å². The molecule has 13 heavy (non-hydrogen) atoms. The normalized spacial score (nSPS) is 28.5. The molecule has 1 saturated heterocycles. The molecule has 1 rings (SSSR count). The van der Waals surface area contributed by atoms with E-state index in [2.05, 4.69) is 10.1 Å². The monoisotopic (exact) mass is 189 g/mol. The van der Waals surface area contributed by atoms with Gasteiger partial charge in [-0.05, 0) is 19.4 Å². The first kappa shape index (κ1) is 10.4. The van der Waals surface area contributed by atoms with Gasteiger partial charge in [0.05, 0.1) is 7.11 Å². The first-order valence-corrected chi connectivity index (χ1v) is 4.65. The molecule has 0 aliphatic carbocycles. The van der Waals surface area contributed by atoms with Crippen LogP contribution in [0.1, 0.15) is 19.3 Å². The van der Waals surface area contributed by atoms with Crippen LogP contribution < -0.4 is 5.32 Å². The maximum absolute atomic E-state index is 13.2. The van der Waals surface area contributed by atoms with Crippen molar-refractivity contribution >= 4 is 5.97 Å². The Labute approximate surface area is 77.6 Å². The minimum Gasteiger partial charge on any atom is -0.469 e. The zero-order valence-corrected chi connectivity index (χ0v) is 7.88. The molecule has 2 unspecified atom stereocenters. The second-order valence-electron chi connectivity index (χ2n) is 3.38. The Morgan fingerprint density at radius 2 is 2.46 bits per heavy atom. The summed E-state index contributed by atoms with van der Waals surface area (Å²) in [6.07, 6.45) is 0.710. The molecule has 76 valence electrons. The highest BCUT2D eigenvalue weighted by Gasteiger charge is 2.24. The Morgan fingerprint density at radius 1 is 1.69 bits per heavy atom. The number of rotatable bonds is 3. The van der Waals surface area contributed by atoms with Crippen molar-refractivity contribution in [2.45, 2.75) is 25.4 Å². The van der Waals surface area contributed by atoms with Crippen molar-refractivity contribution < 1.29 is 13.9 Å². The van der Waals surface area contributed by atoms with E-state index in [-0.39, 0.29) is 11.9 Å². The van der Waals surface area contributed by atoms with Gasteiger partial charge in [0.25, 0.3) is 0 Å². The second-order valence-corrected chi connectivity index (χ2v) is 3.38. The van der Waals surface area contributed by atoms with Crippen LogP contribution in [0.3, 0.4) is 0 Å². The molecule has 0 aromatic heterocycles. The molecule has 2 atom stereocenters. The van der Waals surface area contributed by atoms with Gasteiger partial charge in [0.15, 0.2) is 0 Å². The third kappa shape index (κ3) is 3.30. The predicted molar refractivity (Wildman–Crippen MR) is 47.1 cm³/mol. The fourth-order valence-electron chi connectivity index (χ4n) is 1.58. The van der Waals surface area contributed by atoms with Gasteiger partial charge in [0.2, 0.25) is 0 Å². The van der Waals surface area contributed by atoms with Crippen LogP contribution >= 0.6 is 0 Å². The van der Waals surface area contributed by atoms with E-state index in [1.54, 1.807) is 0 Å². The number of hydrogen-bond donors (Lipinski definition) is 1. The van der Waals surface area contributed by atoms with Gasteiger partial charge in [-0.15, -0.1) is 0 Å². The molecule has 0 radical (unpaired) electrons. The number of carbonyl (C=O) groups is 1. The highest BCUT2D eigenvalue weighted by atomic mass is 19.1. The fraction of sp³-hybridized carbons (Fsp3) is 0.889. The van der Waals surface area contributed by atoms with Crippen molar-refractivity contribution in [2.75, 3.05) is 20.2 Å². The van der Waals surface area contributed by atoms with E-state index in [0.29, 0.717) is 25.8 Å². The Bertz CT molecular complexity index is 175. The van der Waals surface area contributed by atoms with E-state index < -0.39 is 6.17 Å². The minimum atomic E-state index is -0.758. The van der Waals surface area contributed by atoms with Crippen molar-refractivity contribution in [3.63, 3.8) is 0 Å². The molecule has 1 N–H and O–H groups in total. The first-order valence-electron chi connectivity index (χ1n) is 4.65. The van der Waals surface area contributed by atoms with Crippen LogP contribution in [0, 0.1) is 5.92 Å². The summed E-state index contributed by atoms with van der Waals surface area (Å²) in [7, 11) is 1.36. The molecule has 1 aliphatic rings. The number of ether oxygens (including phenoxy) is 1. The van der Waals surface area contributed by atoms with Crippen molar-refractivity contribution in [1.29, 1.82) is 0 Å². The Morgan fingerprint density at radius 3 is 3.08 bits per heavy atom. The van der Waals surface area contributed by atoms with Gasteiger partial charge in [0.1, 0.15) is 6.17 Å². The van der Waals surface area contributed by atoms with Crippen LogP contribution in [0.2, 0.25) is 0 Å². The molecule has 0 aromatic carbocycles. The van der Waals surface area contributed by atoms with Gasteiger partial charge in [-0.2, -0.15) is 0 Å². The summed E-state index contributed by atoms with van der Waals surface area (Å²) < 4.78 is 17.7. The average molecular weight is 189 g/mol. The molecule has 4 heteroatoms. The molecule has 0 aromatic rings. The lowest BCUT2D eigenvalue weighted by Gasteiger charge is -2.26. The molecule has 0 saturated carbocycles. The lowest BCUT2D eigenvalue weighted by atomic mass is 9.93. The molecule has 0 bridgehead atoms. The number of nitrogens with one attached hydrogen (secondary N) is 1. The van der Waals surface area contributed by atoms with Gasteiger partial charge in [-0.3, -0.25) is 4.79 Å². The van der Waals surface area contributed by atoms with Crippen molar-refractivity contribution in [3.05, 3.63) is 0 Å². The number of piperidine rings is 1. The smallest absolute Gasteiger partial charge is 0.305 e. The van der Waals surface area contributed by atoms with E-state index in [4.69, 9.17) is 0 Å². The Balaban J connectivity index is 2.22. The zero-order valence-electron chi connectivity index (χ0n) is 7.88. The Kier molecular flexibility index (Phi) is 4.15. The largest absolute Gasteiger partial charge is 0.469 e. The quantitative estimate of drug-likeness (QED) is 0.670. The number of methoxy groups -OCH3 is 1. The standard InChI is InChI=1S/C9H16FNO2/c1-13-9(12)3-2-7-6-11-5-4-8(7)10/h7-8,11H,2-6H2,1H3. The first-order chi connectivity index (χ1) is 6.24. The summed E-state index contributed by atoms with van der Waals surface area (Å²) in [4.78, 5) is 10.8. The number of esters is 1. The fourth-order valence-corrected chi connectivity index (χ4v) is 1.58. The maximum Gasteiger partial charge on any atom is 0.305 e. The molecule has 1 aliphatic heterocycles. The topological polar surface area (TPSA) is 38.3 Å². The Hall–Kier alpha value is -0.640. The SMILES string of the molecule is COC(=O)CCC1CNCCC1F. The van der Waals surface area contributed by atoms with Crippen molar-refractivity contribution in [1.82, 2.24) is 5.32 Å². The minimum absolute atomic E-state index is 0.0205. The lowest BCUT2D eigenvalue weighted by Crippen LogP contribution is -2.38. The third-order valence-corrected chi connectivity index (χ3v) is 2.46. The van der Waals surface area contributed by atoms with Gasteiger partial charge in [-0.25, -0.2) is 4.39 Å². The van der Waals surface area contributed by atoms with Crippen LogP contribution in [-0.4, -0.2) is 32.3 Å². The van der Waals surface area contributed by atoms with Crippen LogP contribution in [0.15, 0.2) is 0 Å². The lowest BCUT2D eigenvalue weighted by molar-refractivity contribution is -0.141. The second kappa shape index (κ2) is 5.17. The molecular formula is C9H16FNO2. The van der Waals surface area contributed by atoms with E-state index in [1.165, 1.54) is 7.11 Å². The summed E-state index contributed by atoms with van der Waals surface area (Å²) in [6, 6.07) is 0. The molecule has 0 amide bonds. The van der Waals surface area contributed by atoms with E-state index >= 15 is 0 Å². The number of carbonyl (C=O) groups excluding carboxylic acids is 1. The van der Waals surface area contributed by atoms with Crippen molar-refractivity contribution in [2.24, 2.45) is 5.92 Å². The van der Waals surface area contributed by atoms with Crippen LogP contribution in [0.4, 0.5) is 4.39 Å². The van der Waals surface area contributed by atoms with Crippen LogP contribution in [0.5, 0.6) is 0 Å². The zero-order chi connectivity index (χ0) is 9.68.